The number of nitrogens with two attached hydrogens (primary N) is 1. The van der Waals surface area contributed by atoms with Crippen molar-refractivity contribution in [1.29, 1.82) is 5.41 Å². The van der Waals surface area contributed by atoms with Crippen LogP contribution in [0.25, 0.3) is 6.08 Å². The number of aliphatic carboxylic acids is 1. The number of carbonyl (C=O) groups is 2. The van der Waals surface area contributed by atoms with Crippen LogP contribution in [0.1, 0.15) is 21.5 Å². The Labute approximate surface area is 132 Å². The Bertz CT molecular complexity index is 762. The van der Waals surface area contributed by atoms with E-state index in [2.05, 4.69) is 0 Å². The van der Waals surface area contributed by atoms with E-state index in [1.54, 1.807) is 48.5 Å². The van der Waals surface area contributed by atoms with Crippen molar-refractivity contribution in [2.75, 3.05) is 0 Å². The second-order valence-corrected chi connectivity index (χ2v) is 4.62. The predicted molar refractivity (Wildman–Crippen MR) is 85.5 cm³/mol. The van der Waals surface area contributed by atoms with E-state index in [1.165, 1.54) is 6.08 Å². The third kappa shape index (κ3) is 4.53. The van der Waals surface area contributed by atoms with Crippen LogP contribution in [-0.2, 0) is 4.79 Å². The molecule has 23 heavy (non-hydrogen) atoms. The molecule has 0 spiro atoms. The van der Waals surface area contributed by atoms with Crippen molar-refractivity contribution in [2.45, 2.75) is 0 Å². The zero-order valence-corrected chi connectivity index (χ0v) is 12.0. The maximum Gasteiger partial charge on any atom is 0.343 e. The van der Waals surface area contributed by atoms with Gasteiger partial charge in [-0.2, -0.15) is 0 Å². The van der Waals surface area contributed by atoms with Gasteiger partial charge in [-0.1, -0.05) is 12.1 Å². The molecule has 2 aromatic carbocycles. The molecule has 0 aliphatic rings. The molecule has 0 aliphatic carbocycles. The largest absolute Gasteiger partial charge is 0.478 e. The summed E-state index contributed by atoms with van der Waals surface area (Å²) in [5.74, 6) is -1.29. The van der Waals surface area contributed by atoms with Crippen LogP contribution >= 0.6 is 0 Å². The Morgan fingerprint density at radius 2 is 1.57 bits per heavy atom. The van der Waals surface area contributed by atoms with Crippen molar-refractivity contribution in [3.8, 4) is 5.75 Å². The zero-order chi connectivity index (χ0) is 16.8. The number of benzene rings is 2. The number of rotatable bonds is 5. The van der Waals surface area contributed by atoms with Gasteiger partial charge in [0.1, 0.15) is 11.6 Å². The molecule has 0 saturated carbocycles. The molecular weight excluding hydrogens is 296 g/mol. The van der Waals surface area contributed by atoms with Crippen LogP contribution in [0.3, 0.4) is 0 Å². The first-order chi connectivity index (χ1) is 11.0. The Kier molecular flexibility index (Phi) is 4.89. The fraction of sp³-hybridized carbons (Fsp3) is 0. The van der Waals surface area contributed by atoms with Crippen LogP contribution < -0.4 is 10.5 Å². The van der Waals surface area contributed by atoms with Crippen molar-refractivity contribution in [1.82, 2.24) is 0 Å². The van der Waals surface area contributed by atoms with Crippen LogP contribution in [0.5, 0.6) is 5.75 Å². The Morgan fingerprint density at radius 1 is 1.00 bits per heavy atom. The summed E-state index contributed by atoms with van der Waals surface area (Å²) in [5.41, 5.74) is 6.89. The maximum absolute atomic E-state index is 12.0. The predicted octanol–water partition coefficient (Wildman–Crippen LogP) is 2.29. The average molecular weight is 310 g/mol. The number of nitrogens with one attached hydrogen (secondary N) is 1. The number of carboxylic acids is 1. The van der Waals surface area contributed by atoms with Crippen molar-refractivity contribution in [2.24, 2.45) is 5.73 Å². The molecular formula is C17H14N2O4. The molecule has 0 amide bonds. The lowest BCUT2D eigenvalue weighted by molar-refractivity contribution is -0.131. The third-order valence-electron chi connectivity index (χ3n) is 2.94. The number of esters is 1. The second kappa shape index (κ2) is 7.04. The first-order valence-corrected chi connectivity index (χ1v) is 6.63. The number of carbonyl (C=O) groups excluding carboxylic acids is 1. The molecule has 0 unspecified atom stereocenters. The smallest absolute Gasteiger partial charge is 0.343 e. The van der Waals surface area contributed by atoms with E-state index < -0.39 is 11.9 Å². The molecule has 0 atom stereocenters. The zero-order valence-electron chi connectivity index (χ0n) is 12.0. The summed E-state index contributed by atoms with van der Waals surface area (Å²) in [5, 5.41) is 15.8. The highest BCUT2D eigenvalue weighted by atomic mass is 16.5. The van der Waals surface area contributed by atoms with E-state index in [0.29, 0.717) is 22.4 Å². The van der Waals surface area contributed by atoms with Gasteiger partial charge in [0.2, 0.25) is 0 Å². The SMILES string of the molecule is N=C(N)c1ccc(OC(=O)c2ccc(/C=C/C(=O)O)cc2)cc1. The lowest BCUT2D eigenvalue weighted by atomic mass is 10.1. The molecule has 0 radical (unpaired) electrons. The number of nitrogen functional groups attached to an aromatic ring is 1. The van der Waals surface area contributed by atoms with E-state index in [1.807, 2.05) is 0 Å². The fourth-order valence-electron chi connectivity index (χ4n) is 1.77. The summed E-state index contributed by atoms with van der Waals surface area (Å²) in [4.78, 5) is 22.4. The average Bonchev–Trinajstić information content (AvgIpc) is 2.54. The van der Waals surface area contributed by atoms with E-state index in [4.69, 9.17) is 21.0 Å². The van der Waals surface area contributed by atoms with Crippen LogP contribution in [0.2, 0.25) is 0 Å². The summed E-state index contributed by atoms with van der Waals surface area (Å²) in [6.45, 7) is 0. The standard InChI is InChI=1S/C17H14N2O4/c18-16(19)12-6-8-14(9-7-12)23-17(22)13-4-1-11(2-5-13)3-10-15(20)21/h1-10H,(H3,18,19)(H,20,21)/b10-3+. The summed E-state index contributed by atoms with van der Waals surface area (Å²) in [6, 6.07) is 12.6. The normalized spacial score (nSPS) is 10.4. The van der Waals surface area contributed by atoms with Gasteiger partial charge in [0.25, 0.3) is 0 Å². The number of ether oxygens (including phenoxy) is 1. The highest BCUT2D eigenvalue weighted by Gasteiger charge is 2.08. The van der Waals surface area contributed by atoms with Gasteiger partial charge < -0.3 is 15.6 Å². The van der Waals surface area contributed by atoms with E-state index in [0.717, 1.165) is 6.08 Å². The van der Waals surface area contributed by atoms with Crippen molar-refractivity contribution < 1.29 is 19.4 Å². The molecule has 0 bridgehead atoms. The van der Waals surface area contributed by atoms with E-state index >= 15 is 0 Å². The number of hydrogen-bond donors (Lipinski definition) is 3. The number of carboxylic acid groups (broad SMARTS) is 1. The summed E-state index contributed by atoms with van der Waals surface area (Å²) in [6.07, 6.45) is 2.45. The van der Waals surface area contributed by atoms with Gasteiger partial charge in [0.05, 0.1) is 5.56 Å². The van der Waals surface area contributed by atoms with Gasteiger partial charge in [0.15, 0.2) is 0 Å². The quantitative estimate of drug-likeness (QED) is 0.258. The van der Waals surface area contributed by atoms with Crippen molar-refractivity contribution in [3.05, 3.63) is 71.3 Å². The summed E-state index contributed by atoms with van der Waals surface area (Å²) < 4.78 is 5.21. The molecule has 0 aliphatic heterocycles. The Balaban J connectivity index is 2.05. The molecule has 6 heteroatoms. The van der Waals surface area contributed by atoms with E-state index in [9.17, 15) is 9.59 Å². The van der Waals surface area contributed by atoms with Gasteiger partial charge in [-0.25, -0.2) is 9.59 Å². The number of hydrogen-bond acceptors (Lipinski definition) is 4. The highest BCUT2D eigenvalue weighted by molar-refractivity contribution is 5.95. The summed E-state index contributed by atoms with van der Waals surface area (Å²) in [7, 11) is 0. The first kappa shape index (κ1) is 16.0. The third-order valence-corrected chi connectivity index (χ3v) is 2.94. The molecule has 4 N–H and O–H groups in total. The second-order valence-electron chi connectivity index (χ2n) is 4.62. The molecule has 2 rings (SSSR count). The van der Waals surface area contributed by atoms with E-state index in [-0.39, 0.29) is 5.84 Å². The van der Waals surface area contributed by atoms with Gasteiger partial charge in [-0.15, -0.1) is 0 Å². The fourth-order valence-corrected chi connectivity index (χ4v) is 1.77. The van der Waals surface area contributed by atoms with Gasteiger partial charge in [-0.05, 0) is 48.0 Å². The molecule has 6 nitrogen and oxygen atoms in total. The molecule has 116 valence electrons. The molecule has 0 aromatic heterocycles. The molecule has 0 saturated heterocycles. The maximum atomic E-state index is 12.0. The Morgan fingerprint density at radius 3 is 2.09 bits per heavy atom. The first-order valence-electron chi connectivity index (χ1n) is 6.63. The minimum Gasteiger partial charge on any atom is -0.478 e. The molecule has 0 heterocycles. The van der Waals surface area contributed by atoms with Gasteiger partial charge in [0, 0.05) is 11.6 Å². The van der Waals surface area contributed by atoms with Crippen LogP contribution in [-0.4, -0.2) is 22.9 Å². The monoisotopic (exact) mass is 310 g/mol. The lowest BCUT2D eigenvalue weighted by Crippen LogP contribution is -2.11. The highest BCUT2D eigenvalue weighted by Crippen LogP contribution is 2.15. The van der Waals surface area contributed by atoms with Crippen molar-refractivity contribution >= 4 is 23.9 Å². The van der Waals surface area contributed by atoms with Gasteiger partial charge in [-0.3, -0.25) is 5.41 Å². The topological polar surface area (TPSA) is 113 Å². The van der Waals surface area contributed by atoms with Crippen LogP contribution in [0, 0.1) is 5.41 Å². The lowest BCUT2D eigenvalue weighted by Gasteiger charge is -2.05. The van der Waals surface area contributed by atoms with Crippen LogP contribution in [0.15, 0.2) is 54.6 Å². The molecule has 0 fully saturated rings. The minimum absolute atomic E-state index is 0.0621. The molecule has 2 aromatic rings. The van der Waals surface area contributed by atoms with Gasteiger partial charge >= 0.3 is 11.9 Å². The van der Waals surface area contributed by atoms with Crippen LogP contribution in [0.4, 0.5) is 0 Å². The Hall–Kier alpha value is -3.41. The van der Waals surface area contributed by atoms with Crippen molar-refractivity contribution in [3.63, 3.8) is 0 Å². The minimum atomic E-state index is -1.04. The summed E-state index contributed by atoms with van der Waals surface area (Å²) >= 11 is 0. The number of amidine groups is 1.